The van der Waals surface area contributed by atoms with Crippen molar-refractivity contribution in [2.24, 2.45) is 5.92 Å². The number of nitrogens with zero attached hydrogens (tertiary/aromatic N) is 6. The van der Waals surface area contributed by atoms with Crippen LogP contribution in [0.4, 0.5) is 5.00 Å². The predicted octanol–water partition coefficient (Wildman–Crippen LogP) is 1.31. The highest BCUT2D eigenvalue weighted by Crippen LogP contribution is 2.43. The number of amides is 3. The zero-order valence-corrected chi connectivity index (χ0v) is 17.9. The summed E-state index contributed by atoms with van der Waals surface area (Å²) >= 11 is 1.50. The maximum atomic E-state index is 13.1. The molecule has 2 aromatic rings. The molecule has 5 rings (SSSR count). The summed E-state index contributed by atoms with van der Waals surface area (Å²) in [7, 11) is 1.69. The molecule has 0 aromatic carbocycles. The molecule has 0 radical (unpaired) electrons. The SMILES string of the molecule is CC(C(=O)N1CCc2c(sc3c2C(=O)N(C)CC(=O)N3CC2CC2)C1)n1cncn1. The molecule has 2 aromatic heterocycles. The van der Waals surface area contributed by atoms with Gasteiger partial charge in [-0.1, -0.05) is 0 Å². The zero-order valence-electron chi connectivity index (χ0n) is 17.1. The van der Waals surface area contributed by atoms with Crippen molar-refractivity contribution in [3.8, 4) is 0 Å². The van der Waals surface area contributed by atoms with Gasteiger partial charge in [-0.05, 0) is 37.7 Å². The first-order valence-electron chi connectivity index (χ1n) is 10.3. The van der Waals surface area contributed by atoms with Crippen molar-refractivity contribution in [3.05, 3.63) is 28.7 Å². The van der Waals surface area contributed by atoms with Crippen LogP contribution in [0.5, 0.6) is 0 Å². The zero-order chi connectivity index (χ0) is 21.0. The Kier molecular flexibility index (Phi) is 4.61. The number of aromatic nitrogens is 3. The van der Waals surface area contributed by atoms with E-state index in [0.29, 0.717) is 37.5 Å². The van der Waals surface area contributed by atoms with Crippen molar-refractivity contribution in [1.29, 1.82) is 0 Å². The van der Waals surface area contributed by atoms with E-state index in [-0.39, 0.29) is 24.3 Å². The van der Waals surface area contributed by atoms with E-state index in [9.17, 15) is 14.4 Å². The van der Waals surface area contributed by atoms with Crippen LogP contribution in [0, 0.1) is 5.92 Å². The average molecular weight is 429 g/mol. The van der Waals surface area contributed by atoms with Crippen LogP contribution in [-0.4, -0.2) is 69.0 Å². The summed E-state index contributed by atoms with van der Waals surface area (Å²) in [6.07, 6.45) is 5.85. The van der Waals surface area contributed by atoms with Crippen molar-refractivity contribution in [2.45, 2.75) is 38.8 Å². The van der Waals surface area contributed by atoms with Crippen LogP contribution in [0.1, 0.15) is 46.6 Å². The molecule has 3 aliphatic rings. The smallest absolute Gasteiger partial charge is 0.257 e. The van der Waals surface area contributed by atoms with Gasteiger partial charge in [0.25, 0.3) is 5.91 Å². The minimum absolute atomic E-state index is 0.0240. The van der Waals surface area contributed by atoms with E-state index in [1.807, 2.05) is 16.7 Å². The lowest BCUT2D eigenvalue weighted by Crippen LogP contribution is -2.40. The van der Waals surface area contributed by atoms with Crippen LogP contribution >= 0.6 is 11.3 Å². The number of likely N-dealkylation sites (N-methyl/N-ethyl adjacent to an activating group) is 1. The van der Waals surface area contributed by atoms with Crippen LogP contribution in [0.3, 0.4) is 0 Å². The highest BCUT2D eigenvalue weighted by molar-refractivity contribution is 7.17. The standard InChI is InChI=1S/C20H24N6O3S/c1-12(26-11-21-10-22-26)18(28)24-6-5-14-15(8-24)30-20-17(14)19(29)23(2)9-16(27)25(20)7-13-3-4-13/h10-13H,3-9H2,1-2H3. The summed E-state index contributed by atoms with van der Waals surface area (Å²) < 4.78 is 1.55. The first-order valence-corrected chi connectivity index (χ1v) is 11.1. The van der Waals surface area contributed by atoms with Gasteiger partial charge in [0.1, 0.15) is 30.2 Å². The molecule has 1 aliphatic carbocycles. The fourth-order valence-corrected chi connectivity index (χ4v) is 5.57. The first kappa shape index (κ1) is 19.2. The van der Waals surface area contributed by atoms with Gasteiger partial charge in [-0.2, -0.15) is 5.10 Å². The molecule has 1 saturated carbocycles. The second kappa shape index (κ2) is 7.19. The molecule has 1 fully saturated rings. The van der Waals surface area contributed by atoms with E-state index in [2.05, 4.69) is 10.1 Å². The van der Waals surface area contributed by atoms with Gasteiger partial charge in [0, 0.05) is 25.0 Å². The molecule has 2 aliphatic heterocycles. The number of anilines is 1. The molecular weight excluding hydrogens is 404 g/mol. The molecule has 0 bridgehead atoms. The molecule has 4 heterocycles. The number of hydrogen-bond acceptors (Lipinski definition) is 6. The van der Waals surface area contributed by atoms with Crippen molar-refractivity contribution < 1.29 is 14.4 Å². The molecule has 0 N–H and O–H groups in total. The summed E-state index contributed by atoms with van der Waals surface area (Å²) in [4.78, 5) is 49.0. The van der Waals surface area contributed by atoms with Crippen LogP contribution in [0.25, 0.3) is 0 Å². The summed E-state index contributed by atoms with van der Waals surface area (Å²) in [5.41, 5.74) is 1.67. The van der Waals surface area contributed by atoms with Gasteiger partial charge in [-0.15, -0.1) is 11.3 Å². The van der Waals surface area contributed by atoms with Crippen molar-refractivity contribution in [1.82, 2.24) is 24.6 Å². The summed E-state index contributed by atoms with van der Waals surface area (Å²) in [5, 5.41) is 4.84. The van der Waals surface area contributed by atoms with Crippen molar-refractivity contribution in [2.75, 3.05) is 31.6 Å². The number of rotatable bonds is 4. The second-order valence-corrected chi connectivity index (χ2v) is 9.44. The van der Waals surface area contributed by atoms with Crippen molar-refractivity contribution in [3.63, 3.8) is 0 Å². The van der Waals surface area contributed by atoms with E-state index in [4.69, 9.17) is 0 Å². The predicted molar refractivity (Wildman–Crippen MR) is 110 cm³/mol. The monoisotopic (exact) mass is 428 g/mol. The van der Waals surface area contributed by atoms with Gasteiger partial charge in [0.05, 0.1) is 12.1 Å². The minimum Gasteiger partial charge on any atom is -0.335 e. The number of thiophene rings is 1. The molecule has 158 valence electrons. The first-order chi connectivity index (χ1) is 14.4. The fraction of sp³-hybridized carbons (Fsp3) is 0.550. The molecule has 0 spiro atoms. The number of fused-ring (bicyclic) bond motifs is 3. The second-order valence-electron chi connectivity index (χ2n) is 8.35. The van der Waals surface area contributed by atoms with Crippen LogP contribution < -0.4 is 4.90 Å². The van der Waals surface area contributed by atoms with E-state index < -0.39 is 6.04 Å². The third-order valence-electron chi connectivity index (χ3n) is 6.16. The Bertz CT molecular complexity index is 1010. The fourth-order valence-electron chi connectivity index (χ4n) is 4.19. The summed E-state index contributed by atoms with van der Waals surface area (Å²) in [6, 6.07) is -0.437. The highest BCUT2D eigenvalue weighted by atomic mass is 32.1. The Morgan fingerprint density at radius 1 is 1.30 bits per heavy atom. The molecular formula is C20H24N6O3S. The van der Waals surface area contributed by atoms with Gasteiger partial charge in [0.15, 0.2) is 0 Å². The summed E-state index contributed by atoms with van der Waals surface area (Å²) in [5.74, 6) is 0.387. The third kappa shape index (κ3) is 3.19. The minimum atomic E-state index is -0.437. The van der Waals surface area contributed by atoms with E-state index >= 15 is 0 Å². The van der Waals surface area contributed by atoms with Gasteiger partial charge in [-0.3, -0.25) is 14.4 Å². The highest BCUT2D eigenvalue weighted by Gasteiger charge is 2.39. The lowest BCUT2D eigenvalue weighted by Gasteiger charge is -2.29. The quantitative estimate of drug-likeness (QED) is 0.732. The molecule has 3 amide bonds. The molecule has 1 unspecified atom stereocenters. The average Bonchev–Trinajstić information content (AvgIpc) is 3.26. The lowest BCUT2D eigenvalue weighted by molar-refractivity contribution is -0.135. The van der Waals surface area contributed by atoms with Gasteiger partial charge in [0.2, 0.25) is 11.8 Å². The molecule has 1 atom stereocenters. The topological polar surface area (TPSA) is 91.6 Å². The Balaban J connectivity index is 1.46. The Labute approximate surface area is 178 Å². The lowest BCUT2D eigenvalue weighted by atomic mass is 10.0. The Hall–Kier alpha value is -2.75. The van der Waals surface area contributed by atoms with Crippen LogP contribution in [0.15, 0.2) is 12.7 Å². The largest absolute Gasteiger partial charge is 0.335 e. The molecule has 0 saturated heterocycles. The van der Waals surface area contributed by atoms with E-state index in [1.54, 1.807) is 18.1 Å². The van der Waals surface area contributed by atoms with E-state index in [0.717, 1.165) is 28.3 Å². The van der Waals surface area contributed by atoms with Crippen LogP contribution in [0.2, 0.25) is 0 Å². The Morgan fingerprint density at radius 2 is 2.10 bits per heavy atom. The third-order valence-corrected chi connectivity index (χ3v) is 7.40. The molecule has 9 nitrogen and oxygen atoms in total. The van der Waals surface area contributed by atoms with Gasteiger partial charge >= 0.3 is 0 Å². The normalized spacial score (nSPS) is 20.1. The number of hydrogen-bond donors (Lipinski definition) is 0. The molecule has 30 heavy (non-hydrogen) atoms. The van der Waals surface area contributed by atoms with E-state index in [1.165, 1.54) is 22.6 Å². The van der Waals surface area contributed by atoms with Gasteiger partial charge in [-0.25, -0.2) is 9.67 Å². The molecule has 10 heteroatoms. The maximum absolute atomic E-state index is 13.1. The maximum Gasteiger partial charge on any atom is 0.257 e. The van der Waals surface area contributed by atoms with Gasteiger partial charge < -0.3 is 14.7 Å². The van der Waals surface area contributed by atoms with Crippen molar-refractivity contribution >= 4 is 34.1 Å². The Morgan fingerprint density at radius 3 is 2.80 bits per heavy atom. The van der Waals surface area contributed by atoms with Crippen LogP contribution in [-0.2, 0) is 22.6 Å². The summed E-state index contributed by atoms with van der Waals surface area (Å²) in [6.45, 7) is 3.60. The number of carbonyl (C=O) groups is 3. The number of carbonyl (C=O) groups excluding carboxylic acids is 3.